The number of nitrogen functional groups attached to an aromatic ring is 1. The van der Waals surface area contributed by atoms with Crippen molar-refractivity contribution in [2.75, 3.05) is 23.0 Å². The molecule has 0 saturated heterocycles. The average Bonchev–Trinajstić information content (AvgIpc) is 2.96. The molecule has 0 radical (unpaired) electrons. The first-order valence-corrected chi connectivity index (χ1v) is 7.65. The molecule has 2 aromatic rings. The lowest BCUT2D eigenvalue weighted by atomic mass is 10.5. The molecule has 0 bridgehead atoms. The Hall–Kier alpha value is -2.31. The number of nitrogens with zero attached hydrogens (tertiary/aromatic N) is 5. The Balaban J connectivity index is 2.07. The van der Waals surface area contributed by atoms with Gasteiger partial charge < -0.3 is 5.32 Å². The zero-order valence-corrected chi connectivity index (χ0v) is 11.8. The van der Waals surface area contributed by atoms with Crippen LogP contribution in [0.5, 0.6) is 0 Å². The maximum Gasteiger partial charge on any atom is 0.243 e. The second-order valence-corrected chi connectivity index (χ2v) is 5.78. The molecule has 0 saturated carbocycles. The van der Waals surface area contributed by atoms with Gasteiger partial charge in [0.15, 0.2) is 0 Å². The van der Waals surface area contributed by atoms with Crippen LogP contribution in [0.15, 0.2) is 18.7 Å². The third-order valence-corrected chi connectivity index (χ3v) is 3.23. The summed E-state index contributed by atoms with van der Waals surface area (Å²) < 4.78 is 23.2. The molecular weight excluding hydrogens is 298 g/mol. The van der Waals surface area contributed by atoms with Crippen LogP contribution < -0.4 is 21.7 Å². The zero-order valence-electron chi connectivity index (χ0n) is 11.0. The molecule has 2 rings (SSSR count). The third-order valence-electron chi connectivity index (χ3n) is 2.38. The predicted molar refractivity (Wildman–Crippen MR) is 75.8 cm³/mol. The van der Waals surface area contributed by atoms with Gasteiger partial charge in [-0.25, -0.2) is 24.4 Å². The summed E-state index contributed by atoms with van der Waals surface area (Å²) in [5.41, 5.74) is 2.33. The van der Waals surface area contributed by atoms with Gasteiger partial charge in [0.25, 0.3) is 0 Å². The fraction of sp³-hybridized carbons (Fsp3) is 0.333. The predicted octanol–water partition coefficient (Wildman–Crippen LogP) is -1.57. The second-order valence-electron chi connectivity index (χ2n) is 4.04. The van der Waals surface area contributed by atoms with Gasteiger partial charge in [0.1, 0.15) is 6.33 Å². The Labute approximate surface area is 120 Å². The standard InChI is InChI=1S/C9H15N9O2S/c10-17-8-14-7(13-2-1-5-21(11,19)20)15-9(16-8)18-4-3-12-6-18/h3-4,6H,1-2,5,10H2,(H2,11,19,20)(H2,13,14,15,16,17). The molecule has 0 aliphatic carbocycles. The van der Waals surface area contributed by atoms with Crippen LogP contribution in [0.2, 0.25) is 0 Å². The number of aromatic nitrogens is 5. The summed E-state index contributed by atoms with van der Waals surface area (Å²) in [7, 11) is -3.47. The SMILES string of the molecule is NNc1nc(NCCCS(N)(=O)=O)nc(-n2ccnc2)n1. The number of anilines is 2. The van der Waals surface area contributed by atoms with Crippen molar-refractivity contribution in [2.24, 2.45) is 11.0 Å². The lowest BCUT2D eigenvalue weighted by Crippen LogP contribution is -2.20. The van der Waals surface area contributed by atoms with E-state index in [2.05, 4.69) is 30.7 Å². The summed E-state index contributed by atoms with van der Waals surface area (Å²) in [6.45, 7) is 0.341. The van der Waals surface area contributed by atoms with Crippen LogP contribution in [0.4, 0.5) is 11.9 Å². The van der Waals surface area contributed by atoms with E-state index in [-0.39, 0.29) is 17.6 Å². The minimum Gasteiger partial charge on any atom is -0.354 e. The van der Waals surface area contributed by atoms with E-state index < -0.39 is 10.0 Å². The average molecular weight is 313 g/mol. The lowest BCUT2D eigenvalue weighted by Gasteiger charge is -2.08. The fourth-order valence-electron chi connectivity index (χ4n) is 1.47. The number of hydrogen-bond donors (Lipinski definition) is 4. The Kier molecular flexibility index (Phi) is 4.62. The minimum atomic E-state index is -3.47. The Bertz CT molecular complexity index is 685. The second kappa shape index (κ2) is 6.43. The maximum atomic E-state index is 10.8. The van der Waals surface area contributed by atoms with E-state index in [1.807, 2.05) is 0 Å². The molecule has 0 amide bonds. The summed E-state index contributed by atoms with van der Waals surface area (Å²) in [5, 5.41) is 7.80. The lowest BCUT2D eigenvalue weighted by molar-refractivity contribution is 0.595. The molecule has 0 aromatic carbocycles. The number of rotatable bonds is 7. The molecule has 114 valence electrons. The number of primary sulfonamides is 1. The monoisotopic (exact) mass is 313 g/mol. The number of sulfonamides is 1. The highest BCUT2D eigenvalue weighted by Gasteiger charge is 2.08. The molecule has 0 aliphatic heterocycles. The van der Waals surface area contributed by atoms with Gasteiger partial charge in [-0.2, -0.15) is 15.0 Å². The quantitative estimate of drug-likeness (QED) is 0.268. The van der Waals surface area contributed by atoms with Crippen LogP contribution in [0.1, 0.15) is 6.42 Å². The molecule has 0 atom stereocenters. The van der Waals surface area contributed by atoms with Crippen LogP contribution in [-0.4, -0.2) is 45.2 Å². The van der Waals surface area contributed by atoms with Gasteiger partial charge >= 0.3 is 0 Å². The first-order chi connectivity index (χ1) is 9.98. The molecule has 6 N–H and O–H groups in total. The summed E-state index contributed by atoms with van der Waals surface area (Å²) in [6.07, 6.45) is 5.11. The van der Waals surface area contributed by atoms with Crippen molar-refractivity contribution in [1.29, 1.82) is 0 Å². The van der Waals surface area contributed by atoms with Gasteiger partial charge in [0.2, 0.25) is 27.9 Å². The van der Waals surface area contributed by atoms with Gasteiger partial charge in [-0.3, -0.25) is 9.99 Å². The maximum absolute atomic E-state index is 10.8. The van der Waals surface area contributed by atoms with Crippen molar-refractivity contribution in [2.45, 2.75) is 6.42 Å². The normalized spacial score (nSPS) is 11.3. The van der Waals surface area contributed by atoms with Crippen LogP contribution in [-0.2, 0) is 10.0 Å². The van der Waals surface area contributed by atoms with E-state index in [9.17, 15) is 8.42 Å². The molecule has 0 aliphatic rings. The largest absolute Gasteiger partial charge is 0.354 e. The van der Waals surface area contributed by atoms with E-state index >= 15 is 0 Å². The van der Waals surface area contributed by atoms with Gasteiger partial charge in [-0.05, 0) is 6.42 Å². The van der Waals surface area contributed by atoms with Gasteiger partial charge in [-0.1, -0.05) is 0 Å². The van der Waals surface area contributed by atoms with Crippen LogP contribution in [0.25, 0.3) is 5.95 Å². The highest BCUT2D eigenvalue weighted by atomic mass is 32.2. The molecule has 0 spiro atoms. The first kappa shape index (κ1) is 15.1. The molecule has 11 nitrogen and oxygen atoms in total. The Morgan fingerprint density at radius 2 is 2.00 bits per heavy atom. The van der Waals surface area contributed by atoms with E-state index in [1.54, 1.807) is 17.0 Å². The van der Waals surface area contributed by atoms with Crippen molar-refractivity contribution < 1.29 is 8.42 Å². The van der Waals surface area contributed by atoms with Crippen molar-refractivity contribution in [1.82, 2.24) is 24.5 Å². The molecule has 2 heterocycles. The summed E-state index contributed by atoms with van der Waals surface area (Å²) in [5.74, 6) is 5.93. The molecule has 12 heteroatoms. The first-order valence-electron chi connectivity index (χ1n) is 5.93. The molecule has 0 fully saturated rings. The zero-order chi connectivity index (χ0) is 15.3. The highest BCUT2D eigenvalue weighted by molar-refractivity contribution is 7.89. The van der Waals surface area contributed by atoms with Gasteiger partial charge in [0, 0.05) is 18.9 Å². The fourth-order valence-corrected chi connectivity index (χ4v) is 2.02. The summed E-state index contributed by atoms with van der Waals surface area (Å²) >= 11 is 0. The van der Waals surface area contributed by atoms with Gasteiger partial charge in [0.05, 0.1) is 5.75 Å². The van der Waals surface area contributed by atoms with Crippen molar-refractivity contribution >= 4 is 21.9 Å². The molecule has 0 unspecified atom stereocenters. The Morgan fingerprint density at radius 1 is 1.24 bits per heavy atom. The van der Waals surface area contributed by atoms with E-state index in [1.165, 1.54) is 6.33 Å². The van der Waals surface area contributed by atoms with Crippen molar-refractivity contribution in [3.8, 4) is 5.95 Å². The van der Waals surface area contributed by atoms with Gasteiger partial charge in [-0.15, -0.1) is 0 Å². The molecule has 2 aromatic heterocycles. The van der Waals surface area contributed by atoms with Crippen molar-refractivity contribution in [3.63, 3.8) is 0 Å². The topological polar surface area (TPSA) is 167 Å². The number of nitrogens with one attached hydrogen (secondary N) is 2. The van der Waals surface area contributed by atoms with E-state index in [0.29, 0.717) is 18.9 Å². The highest BCUT2D eigenvalue weighted by Crippen LogP contribution is 2.08. The van der Waals surface area contributed by atoms with E-state index in [4.69, 9.17) is 11.0 Å². The summed E-state index contributed by atoms with van der Waals surface area (Å²) in [6, 6.07) is 0. The van der Waals surface area contributed by atoms with Crippen LogP contribution >= 0.6 is 0 Å². The smallest absolute Gasteiger partial charge is 0.243 e. The van der Waals surface area contributed by atoms with Crippen LogP contribution in [0, 0.1) is 0 Å². The number of nitrogens with two attached hydrogens (primary N) is 2. The third kappa shape index (κ3) is 4.62. The summed E-state index contributed by atoms with van der Waals surface area (Å²) in [4.78, 5) is 16.1. The Morgan fingerprint density at radius 3 is 2.62 bits per heavy atom. The molecular formula is C9H15N9O2S. The van der Waals surface area contributed by atoms with E-state index in [0.717, 1.165) is 0 Å². The van der Waals surface area contributed by atoms with Crippen molar-refractivity contribution in [3.05, 3.63) is 18.7 Å². The number of hydrogen-bond acceptors (Lipinski definition) is 9. The minimum absolute atomic E-state index is 0.124. The number of imidazole rings is 1. The van der Waals surface area contributed by atoms with Crippen LogP contribution in [0.3, 0.4) is 0 Å². The number of hydrazine groups is 1. The molecule has 21 heavy (non-hydrogen) atoms.